The van der Waals surface area contributed by atoms with Crippen molar-refractivity contribution in [2.45, 2.75) is 52.8 Å². The molecule has 41 heavy (non-hydrogen) atoms. The van der Waals surface area contributed by atoms with Crippen LogP contribution in [0.3, 0.4) is 0 Å². The second-order valence-electron chi connectivity index (χ2n) is 9.31. The Bertz CT molecular complexity index is 1240. The van der Waals surface area contributed by atoms with E-state index in [4.69, 9.17) is 18.9 Å². The summed E-state index contributed by atoms with van der Waals surface area (Å²) in [4.78, 5) is 53.7. The average molecular weight is 568 g/mol. The van der Waals surface area contributed by atoms with Gasteiger partial charge in [-0.05, 0) is 62.9 Å². The number of esters is 1. The molecule has 1 saturated heterocycles. The van der Waals surface area contributed by atoms with Crippen molar-refractivity contribution in [1.82, 2.24) is 10.2 Å². The van der Waals surface area contributed by atoms with Gasteiger partial charge in [-0.15, -0.1) is 0 Å². The second-order valence-corrected chi connectivity index (χ2v) is 9.31. The van der Waals surface area contributed by atoms with Gasteiger partial charge in [0.15, 0.2) is 0 Å². The maximum atomic E-state index is 13.2. The molecule has 220 valence electrons. The summed E-state index contributed by atoms with van der Waals surface area (Å²) in [6, 6.07) is 14.0. The molecule has 1 heterocycles. The van der Waals surface area contributed by atoms with Crippen molar-refractivity contribution in [3.8, 4) is 0 Å². The summed E-state index contributed by atoms with van der Waals surface area (Å²) in [5.41, 5.74) is 1.95. The predicted octanol–water partition coefficient (Wildman–Crippen LogP) is 5.39. The number of allylic oxidation sites excluding steroid dienone is 2. The van der Waals surface area contributed by atoms with Crippen LogP contribution >= 0.6 is 0 Å². The molecule has 0 saturated carbocycles. The highest BCUT2D eigenvalue weighted by molar-refractivity contribution is 6.01. The molecule has 2 aromatic carbocycles. The fraction of sp³-hybridized carbons (Fsp3) is 0.400. The molecular formula is C30H37N3O8. The molecule has 0 aliphatic carbocycles. The van der Waals surface area contributed by atoms with E-state index in [9.17, 15) is 19.2 Å². The number of likely N-dealkylation sites (tertiary alicyclic amines) is 1. The van der Waals surface area contributed by atoms with Crippen LogP contribution in [0.15, 0.2) is 60.4 Å². The third-order valence-electron chi connectivity index (χ3n) is 6.58. The number of carbonyl (C=O) groups is 4. The van der Waals surface area contributed by atoms with E-state index in [0.29, 0.717) is 42.9 Å². The number of nitrogens with one attached hydrogen (secondary N) is 1. The zero-order valence-corrected chi connectivity index (χ0v) is 23.9. The van der Waals surface area contributed by atoms with Gasteiger partial charge in [0.25, 0.3) is 0 Å². The highest BCUT2D eigenvalue weighted by atomic mass is 16.6. The van der Waals surface area contributed by atoms with Gasteiger partial charge in [0, 0.05) is 25.7 Å². The Labute approximate surface area is 240 Å². The number of hydrogen-bond donors (Lipinski definition) is 1. The number of methoxy groups -OCH3 is 1. The molecule has 3 amide bonds. The van der Waals surface area contributed by atoms with Crippen LogP contribution in [0.25, 0.3) is 0 Å². The van der Waals surface area contributed by atoms with E-state index in [1.165, 1.54) is 12.0 Å². The van der Waals surface area contributed by atoms with Crippen molar-refractivity contribution in [3.63, 3.8) is 0 Å². The number of anilines is 1. The standard InChI is InChI=1S/C30H37N3O8/c1-5-21(3)41-28(35)31-19-23-12-13-26(25(18-23)27(34)38-4)33(30(37)39-6-2)24-14-16-32(17-15-24)29(36)40-20-22-10-8-7-9-11-22/h5,7-13,18,24H,6,14-17,19-20H2,1-4H3,(H,31,35)/b21-5+. The Morgan fingerprint density at radius 1 is 1.02 bits per heavy atom. The smallest absolute Gasteiger partial charge is 0.414 e. The lowest BCUT2D eigenvalue weighted by atomic mass is 10.0. The minimum absolute atomic E-state index is 0.0863. The predicted molar refractivity (Wildman–Crippen MR) is 151 cm³/mol. The molecular weight excluding hydrogens is 530 g/mol. The molecule has 1 aliphatic heterocycles. The van der Waals surface area contributed by atoms with Gasteiger partial charge in [-0.2, -0.15) is 0 Å². The first-order chi connectivity index (χ1) is 19.8. The van der Waals surface area contributed by atoms with E-state index in [1.807, 2.05) is 30.3 Å². The van der Waals surface area contributed by atoms with Crippen LogP contribution < -0.4 is 10.2 Å². The minimum atomic E-state index is -0.648. The molecule has 0 bridgehead atoms. The Balaban J connectivity index is 1.75. The Kier molecular flexibility index (Phi) is 11.6. The highest BCUT2D eigenvalue weighted by Crippen LogP contribution is 2.30. The van der Waals surface area contributed by atoms with Gasteiger partial charge in [-0.25, -0.2) is 19.2 Å². The number of ether oxygens (including phenoxy) is 4. The third kappa shape index (κ3) is 8.72. The summed E-state index contributed by atoms with van der Waals surface area (Å²) in [7, 11) is 1.25. The van der Waals surface area contributed by atoms with Gasteiger partial charge in [0.05, 0.1) is 25.0 Å². The maximum Gasteiger partial charge on any atom is 0.414 e. The van der Waals surface area contributed by atoms with Gasteiger partial charge < -0.3 is 29.2 Å². The van der Waals surface area contributed by atoms with E-state index in [1.54, 1.807) is 49.9 Å². The lowest BCUT2D eigenvalue weighted by Crippen LogP contribution is -2.49. The molecule has 1 N–H and O–H groups in total. The zero-order valence-electron chi connectivity index (χ0n) is 23.9. The molecule has 0 aromatic heterocycles. The largest absolute Gasteiger partial charge is 0.465 e. The van der Waals surface area contributed by atoms with E-state index in [2.05, 4.69) is 5.32 Å². The summed E-state index contributed by atoms with van der Waals surface area (Å²) in [5.74, 6) is -0.195. The molecule has 0 unspecified atom stereocenters. The lowest BCUT2D eigenvalue weighted by molar-refractivity contribution is 0.0601. The van der Waals surface area contributed by atoms with Crippen molar-refractivity contribution in [2.24, 2.45) is 0 Å². The normalized spacial score (nSPS) is 13.7. The van der Waals surface area contributed by atoms with Crippen LogP contribution in [0.2, 0.25) is 0 Å². The van der Waals surface area contributed by atoms with Crippen molar-refractivity contribution in [1.29, 1.82) is 0 Å². The maximum absolute atomic E-state index is 13.2. The first-order valence-electron chi connectivity index (χ1n) is 13.5. The molecule has 11 nitrogen and oxygen atoms in total. The monoisotopic (exact) mass is 567 g/mol. The summed E-state index contributed by atoms with van der Waals surface area (Å²) in [5, 5.41) is 2.63. The lowest BCUT2D eigenvalue weighted by Gasteiger charge is -2.38. The average Bonchev–Trinajstić information content (AvgIpc) is 2.99. The van der Waals surface area contributed by atoms with Gasteiger partial charge in [-0.3, -0.25) is 4.90 Å². The number of alkyl carbamates (subject to hydrolysis) is 1. The highest BCUT2D eigenvalue weighted by Gasteiger charge is 2.34. The number of piperidine rings is 1. The van der Waals surface area contributed by atoms with Gasteiger partial charge in [0.1, 0.15) is 12.4 Å². The van der Waals surface area contributed by atoms with Crippen molar-refractivity contribution < 1.29 is 38.1 Å². The fourth-order valence-electron chi connectivity index (χ4n) is 4.35. The fourth-order valence-corrected chi connectivity index (χ4v) is 4.35. The summed E-state index contributed by atoms with van der Waals surface area (Å²) < 4.78 is 20.9. The van der Waals surface area contributed by atoms with Gasteiger partial charge in [0.2, 0.25) is 0 Å². The number of nitrogens with zero attached hydrogens (tertiary/aromatic N) is 2. The molecule has 1 aliphatic rings. The molecule has 3 rings (SSSR count). The topological polar surface area (TPSA) is 124 Å². The van der Waals surface area contributed by atoms with E-state index in [0.717, 1.165) is 5.56 Å². The van der Waals surface area contributed by atoms with Crippen molar-refractivity contribution >= 4 is 29.9 Å². The molecule has 11 heteroatoms. The molecule has 2 aromatic rings. The van der Waals surface area contributed by atoms with Crippen LogP contribution in [-0.4, -0.2) is 62.0 Å². The Morgan fingerprint density at radius 3 is 2.37 bits per heavy atom. The summed E-state index contributed by atoms with van der Waals surface area (Å²) in [6.07, 6.45) is 0.876. The number of rotatable bonds is 9. The Hall–Kier alpha value is -4.54. The summed E-state index contributed by atoms with van der Waals surface area (Å²) >= 11 is 0. The van der Waals surface area contributed by atoms with E-state index < -0.39 is 24.2 Å². The van der Waals surface area contributed by atoms with Crippen LogP contribution in [0, 0.1) is 0 Å². The molecule has 0 radical (unpaired) electrons. The minimum Gasteiger partial charge on any atom is -0.465 e. The molecule has 0 atom stereocenters. The van der Waals surface area contributed by atoms with Crippen LogP contribution in [-0.2, 0) is 32.1 Å². The molecule has 0 spiro atoms. The van der Waals surface area contributed by atoms with E-state index >= 15 is 0 Å². The first kappa shape index (κ1) is 31.0. The van der Waals surface area contributed by atoms with Crippen molar-refractivity contribution in [2.75, 3.05) is 31.7 Å². The summed E-state index contributed by atoms with van der Waals surface area (Å²) in [6.45, 7) is 6.23. The zero-order chi connectivity index (χ0) is 29.8. The quantitative estimate of drug-likeness (QED) is 0.243. The number of hydrogen-bond acceptors (Lipinski definition) is 8. The van der Waals surface area contributed by atoms with E-state index in [-0.39, 0.29) is 31.4 Å². The first-order valence-corrected chi connectivity index (χ1v) is 13.5. The molecule has 1 fully saturated rings. The third-order valence-corrected chi connectivity index (χ3v) is 6.58. The van der Waals surface area contributed by atoms with Crippen LogP contribution in [0.5, 0.6) is 0 Å². The van der Waals surface area contributed by atoms with Gasteiger partial charge in [-0.1, -0.05) is 36.4 Å². The second kappa shape index (κ2) is 15.3. The van der Waals surface area contributed by atoms with Crippen molar-refractivity contribution in [3.05, 3.63) is 77.1 Å². The Morgan fingerprint density at radius 2 is 1.73 bits per heavy atom. The van der Waals surface area contributed by atoms with Crippen LogP contribution in [0.1, 0.15) is 55.1 Å². The SMILES string of the molecule is C/C=C(\C)OC(=O)NCc1ccc(N(C(=O)OCC)C2CCN(C(=O)OCc3ccccc3)CC2)c(C(=O)OC)c1. The number of amides is 3. The van der Waals surface area contributed by atoms with Crippen LogP contribution in [0.4, 0.5) is 20.1 Å². The number of benzene rings is 2. The number of carbonyl (C=O) groups excluding carboxylic acids is 4. The van der Waals surface area contributed by atoms with Gasteiger partial charge >= 0.3 is 24.2 Å².